The lowest BCUT2D eigenvalue weighted by molar-refractivity contribution is -0.131. The normalized spacial score (nSPS) is 26.7. The highest BCUT2D eigenvalue weighted by Crippen LogP contribution is 2.33. The van der Waals surface area contributed by atoms with Crippen molar-refractivity contribution >= 4 is 5.91 Å². The summed E-state index contributed by atoms with van der Waals surface area (Å²) in [5.74, 6) is 1.98. The van der Waals surface area contributed by atoms with E-state index in [1.807, 2.05) is 11.8 Å². The van der Waals surface area contributed by atoms with Crippen molar-refractivity contribution < 1.29 is 4.79 Å². The molecule has 0 aromatic rings. The van der Waals surface area contributed by atoms with Gasteiger partial charge in [-0.3, -0.25) is 4.79 Å². The molecule has 1 aliphatic rings. The molecule has 13 heavy (non-hydrogen) atoms. The Labute approximate surface area is 81.3 Å². The zero-order valence-corrected chi connectivity index (χ0v) is 9.05. The van der Waals surface area contributed by atoms with Crippen molar-refractivity contribution in [3.63, 3.8) is 0 Å². The fourth-order valence-electron chi connectivity index (χ4n) is 2.16. The van der Waals surface area contributed by atoms with Gasteiger partial charge in [-0.05, 0) is 31.6 Å². The molecule has 1 amide bonds. The van der Waals surface area contributed by atoms with E-state index in [1.165, 1.54) is 12.8 Å². The minimum Gasteiger partial charge on any atom is -0.343 e. The zero-order valence-electron chi connectivity index (χ0n) is 9.05. The van der Waals surface area contributed by atoms with E-state index in [4.69, 9.17) is 0 Å². The van der Waals surface area contributed by atoms with E-state index in [1.54, 1.807) is 0 Å². The van der Waals surface area contributed by atoms with Crippen molar-refractivity contribution in [2.45, 2.75) is 40.0 Å². The highest BCUT2D eigenvalue weighted by molar-refractivity contribution is 5.75. The summed E-state index contributed by atoms with van der Waals surface area (Å²) in [5.41, 5.74) is 0. The van der Waals surface area contributed by atoms with E-state index < -0.39 is 0 Å². The molecule has 1 fully saturated rings. The van der Waals surface area contributed by atoms with E-state index in [-0.39, 0.29) is 0 Å². The molecule has 0 aliphatic heterocycles. The molecule has 0 radical (unpaired) electrons. The van der Waals surface area contributed by atoms with Crippen molar-refractivity contribution in [2.75, 3.05) is 13.1 Å². The molecule has 2 nitrogen and oxygen atoms in total. The van der Waals surface area contributed by atoms with Crippen LogP contribution in [-0.2, 0) is 4.79 Å². The molecule has 0 heterocycles. The molecule has 1 rings (SSSR count). The van der Waals surface area contributed by atoms with Crippen LogP contribution in [0.1, 0.15) is 40.0 Å². The summed E-state index contributed by atoms with van der Waals surface area (Å²) in [7, 11) is 0. The first kappa shape index (κ1) is 10.6. The van der Waals surface area contributed by atoms with Crippen LogP contribution in [0.25, 0.3) is 0 Å². The fraction of sp³-hybridized carbons (Fsp3) is 0.909. The Morgan fingerprint density at radius 3 is 2.38 bits per heavy atom. The van der Waals surface area contributed by atoms with E-state index in [2.05, 4.69) is 13.8 Å². The van der Waals surface area contributed by atoms with Gasteiger partial charge in [-0.25, -0.2) is 0 Å². The molecular formula is C11H21NO. The van der Waals surface area contributed by atoms with Gasteiger partial charge in [0.15, 0.2) is 0 Å². The molecule has 76 valence electrons. The van der Waals surface area contributed by atoms with Gasteiger partial charge in [-0.1, -0.05) is 13.8 Å². The van der Waals surface area contributed by atoms with Crippen LogP contribution < -0.4 is 0 Å². The van der Waals surface area contributed by atoms with Gasteiger partial charge >= 0.3 is 0 Å². The molecule has 1 aliphatic carbocycles. The first-order valence-electron chi connectivity index (χ1n) is 5.45. The predicted molar refractivity (Wildman–Crippen MR) is 54.4 cm³/mol. The van der Waals surface area contributed by atoms with Crippen LogP contribution in [0.2, 0.25) is 0 Å². The molecule has 0 unspecified atom stereocenters. The average Bonchev–Trinajstić information content (AvgIpc) is 2.09. The Hall–Kier alpha value is -0.530. The second kappa shape index (κ2) is 4.64. The molecule has 0 N–H and O–H groups in total. The first-order valence-corrected chi connectivity index (χ1v) is 5.45. The maximum Gasteiger partial charge on any atom is 0.222 e. The summed E-state index contributed by atoms with van der Waals surface area (Å²) in [6, 6.07) is 0. The number of carbonyl (C=O) groups is 1. The Morgan fingerprint density at radius 1 is 1.38 bits per heavy atom. The van der Waals surface area contributed by atoms with Gasteiger partial charge in [0.05, 0.1) is 0 Å². The predicted octanol–water partition coefficient (Wildman–Crippen LogP) is 2.29. The molecular weight excluding hydrogens is 162 g/mol. The van der Waals surface area contributed by atoms with Crippen LogP contribution in [0.5, 0.6) is 0 Å². The third-order valence-corrected chi connectivity index (χ3v) is 2.99. The third kappa shape index (κ3) is 2.71. The molecule has 0 bridgehead atoms. The summed E-state index contributed by atoms with van der Waals surface area (Å²) in [4.78, 5) is 13.4. The topological polar surface area (TPSA) is 20.3 Å². The monoisotopic (exact) mass is 183 g/mol. The Bertz CT molecular complexity index is 173. The number of hydrogen-bond acceptors (Lipinski definition) is 1. The number of carbonyl (C=O) groups excluding carboxylic acids is 1. The lowest BCUT2D eigenvalue weighted by Crippen LogP contribution is -2.38. The summed E-state index contributed by atoms with van der Waals surface area (Å²) >= 11 is 0. The standard InChI is InChI=1S/C11H21NO/c1-4-11(13)12(5-2)8-10-6-9(3)7-10/h9-10H,4-8H2,1-3H3. The quantitative estimate of drug-likeness (QED) is 0.655. The lowest BCUT2D eigenvalue weighted by Gasteiger charge is -2.36. The van der Waals surface area contributed by atoms with E-state index in [0.29, 0.717) is 12.3 Å². The van der Waals surface area contributed by atoms with Crippen molar-refractivity contribution in [1.29, 1.82) is 0 Å². The molecule has 0 aromatic heterocycles. The van der Waals surface area contributed by atoms with Gasteiger partial charge < -0.3 is 4.90 Å². The van der Waals surface area contributed by atoms with Crippen LogP contribution in [0, 0.1) is 11.8 Å². The lowest BCUT2D eigenvalue weighted by atomic mass is 9.76. The molecule has 0 saturated heterocycles. The molecule has 2 heteroatoms. The Kier molecular flexibility index (Phi) is 3.76. The van der Waals surface area contributed by atoms with Crippen LogP contribution in [-0.4, -0.2) is 23.9 Å². The second-order valence-electron chi connectivity index (χ2n) is 4.23. The molecule has 0 aromatic carbocycles. The smallest absolute Gasteiger partial charge is 0.222 e. The molecule has 0 spiro atoms. The van der Waals surface area contributed by atoms with Crippen LogP contribution in [0.3, 0.4) is 0 Å². The van der Waals surface area contributed by atoms with Gasteiger partial charge in [0.2, 0.25) is 5.91 Å². The van der Waals surface area contributed by atoms with Crippen LogP contribution in [0.15, 0.2) is 0 Å². The maximum absolute atomic E-state index is 11.4. The zero-order chi connectivity index (χ0) is 9.84. The maximum atomic E-state index is 11.4. The summed E-state index contributed by atoms with van der Waals surface area (Å²) in [5, 5.41) is 0. The number of nitrogens with zero attached hydrogens (tertiary/aromatic N) is 1. The van der Waals surface area contributed by atoms with Gasteiger partial charge in [-0.2, -0.15) is 0 Å². The van der Waals surface area contributed by atoms with Gasteiger partial charge in [0.25, 0.3) is 0 Å². The van der Waals surface area contributed by atoms with Gasteiger partial charge in [0.1, 0.15) is 0 Å². The summed E-state index contributed by atoms with van der Waals surface area (Å²) in [6.45, 7) is 8.16. The second-order valence-corrected chi connectivity index (χ2v) is 4.23. The van der Waals surface area contributed by atoms with Crippen LogP contribution in [0.4, 0.5) is 0 Å². The molecule has 1 saturated carbocycles. The van der Waals surface area contributed by atoms with Crippen molar-refractivity contribution in [3.8, 4) is 0 Å². The number of hydrogen-bond donors (Lipinski definition) is 0. The number of amides is 1. The summed E-state index contributed by atoms with van der Waals surface area (Å²) < 4.78 is 0. The highest BCUT2D eigenvalue weighted by atomic mass is 16.2. The molecule has 0 atom stereocenters. The first-order chi connectivity index (χ1) is 6.17. The largest absolute Gasteiger partial charge is 0.343 e. The van der Waals surface area contributed by atoms with Gasteiger partial charge in [-0.15, -0.1) is 0 Å². The van der Waals surface area contributed by atoms with Gasteiger partial charge in [0, 0.05) is 19.5 Å². The van der Waals surface area contributed by atoms with E-state index in [0.717, 1.165) is 24.9 Å². The van der Waals surface area contributed by atoms with E-state index in [9.17, 15) is 4.79 Å². The fourth-order valence-corrected chi connectivity index (χ4v) is 2.16. The van der Waals surface area contributed by atoms with Crippen LogP contribution >= 0.6 is 0 Å². The Balaban J connectivity index is 2.28. The minimum absolute atomic E-state index is 0.307. The van der Waals surface area contributed by atoms with Crippen molar-refractivity contribution in [3.05, 3.63) is 0 Å². The third-order valence-electron chi connectivity index (χ3n) is 2.99. The Morgan fingerprint density at radius 2 is 2.00 bits per heavy atom. The average molecular weight is 183 g/mol. The number of rotatable bonds is 4. The van der Waals surface area contributed by atoms with Crippen molar-refractivity contribution in [2.24, 2.45) is 11.8 Å². The minimum atomic E-state index is 0.307. The highest BCUT2D eigenvalue weighted by Gasteiger charge is 2.27. The SMILES string of the molecule is CCC(=O)N(CC)CC1CC(C)C1. The van der Waals surface area contributed by atoms with Crippen molar-refractivity contribution in [1.82, 2.24) is 4.90 Å². The van der Waals surface area contributed by atoms with E-state index >= 15 is 0 Å². The summed E-state index contributed by atoms with van der Waals surface area (Å²) in [6.07, 6.45) is 3.27.